The minimum Gasteiger partial charge on any atom is 2.00 e. The van der Waals surface area contributed by atoms with Crippen molar-refractivity contribution >= 4 is 15.6 Å². The van der Waals surface area contributed by atoms with E-state index in [1.54, 1.807) is 27.7 Å². The van der Waals surface area contributed by atoms with Crippen LogP contribution < -0.4 is 27.9 Å². The van der Waals surface area contributed by atoms with Crippen molar-refractivity contribution in [2.75, 3.05) is 26.4 Å². The van der Waals surface area contributed by atoms with Crippen LogP contribution in [0.2, 0.25) is 0 Å². The predicted octanol–water partition coefficient (Wildman–Crippen LogP) is -6.28. The summed E-state index contributed by atoms with van der Waals surface area (Å²) in [6, 6.07) is 0. The molecule has 24 heteroatoms. The van der Waals surface area contributed by atoms with Crippen LogP contribution in [-0.4, -0.2) is 46.0 Å². The Morgan fingerprint density at radius 3 is 0.719 bits per heavy atom. The second-order valence-corrected chi connectivity index (χ2v) is 11.6. The zero-order valence-electron chi connectivity index (χ0n) is 16.9. The van der Waals surface area contributed by atoms with Crippen molar-refractivity contribution in [2.45, 2.75) is 27.7 Å². The smallest absolute Gasteiger partial charge is 2.00 e. The van der Waals surface area contributed by atoms with E-state index in [2.05, 4.69) is 6.35 Å². The Kier molecular flexibility index (Phi) is 55.9. The predicted molar refractivity (Wildman–Crippen MR) is 71.2 cm³/mol. The molecule has 4 N–H and O–H groups in total. The van der Waals surface area contributed by atoms with Gasteiger partial charge in [0, 0.05) is 0 Å². The average molecular weight is 769 g/mol. The van der Waals surface area contributed by atoms with Gasteiger partial charge in [-0.1, -0.05) is 27.7 Å². The van der Waals surface area contributed by atoms with Gasteiger partial charge < -0.3 is 20.4 Å². The van der Waals surface area contributed by atoms with Gasteiger partial charge >= 0.3 is 144 Å². The summed E-state index contributed by atoms with van der Waals surface area (Å²) >= 11 is -12.6. The molecule has 0 rings (SSSR count). The summed E-state index contributed by atoms with van der Waals surface area (Å²) in [5, 5.41) is 35.7. The third kappa shape index (κ3) is 159. The molecule has 0 spiro atoms. The second-order valence-electron chi connectivity index (χ2n) is 3.10. The Labute approximate surface area is 216 Å². The first kappa shape index (κ1) is 54.6. The van der Waals surface area contributed by atoms with Crippen LogP contribution in [0.5, 0.6) is 0 Å². The average Bonchev–Trinajstić information content (AvgIpc) is 2.33. The van der Waals surface area contributed by atoms with Crippen molar-refractivity contribution in [3.8, 4) is 0 Å². The number of hydrogen-bond acceptors (Lipinski definition) is 14. The molecule has 0 aliphatic heterocycles. The molecule has 0 radical (unpaired) electrons. The first-order chi connectivity index (χ1) is 13.1. The summed E-state index contributed by atoms with van der Waals surface area (Å²) in [6.45, 7) is 6.28. The molecule has 0 fully saturated rings. The minimum absolute atomic E-state index is 0. The first-order valence-electron chi connectivity index (χ1n) is 6.85. The number of rotatable bonds is 4. The van der Waals surface area contributed by atoms with E-state index in [1.807, 2.05) is 0 Å². The van der Waals surface area contributed by atoms with Crippen LogP contribution in [0.25, 0.3) is 0 Å². The topological polar surface area (TPSA) is 340 Å². The molecule has 0 aliphatic rings. The SMILES string of the molecule is CC[O-].CC[O-].CC[O-].CC[O-].O=P(O)(O)[O][Mo](=[O])(=[O])[O-].O=P(O)(O)[O][Mo](=[O])(=[O])[O-].[Ni+2].[Ti+4]. The molecule has 0 aromatic carbocycles. The van der Waals surface area contributed by atoms with Crippen molar-refractivity contribution < 1.29 is 148 Å². The molecule has 32 heavy (non-hydrogen) atoms. The fourth-order valence-electron chi connectivity index (χ4n) is 0.238. The van der Waals surface area contributed by atoms with E-state index in [9.17, 15) is 30.2 Å². The second kappa shape index (κ2) is 32.8. The van der Waals surface area contributed by atoms with Crippen LogP contribution in [0.4, 0.5) is 0 Å². The van der Waals surface area contributed by atoms with Crippen molar-refractivity contribution in [2.24, 2.45) is 0 Å². The Morgan fingerprint density at radius 1 is 0.625 bits per heavy atom. The quantitative estimate of drug-likeness (QED) is 0.153. The van der Waals surface area contributed by atoms with Gasteiger partial charge in [-0.25, -0.2) is 0 Å². The van der Waals surface area contributed by atoms with E-state index < -0.39 is 49.1 Å². The molecule has 0 saturated heterocycles. The summed E-state index contributed by atoms with van der Waals surface area (Å²) in [5.41, 5.74) is 0. The molecule has 0 bridgehead atoms. The van der Waals surface area contributed by atoms with Crippen LogP contribution in [0.1, 0.15) is 27.7 Å². The zero-order chi connectivity index (χ0) is 26.2. The maximum atomic E-state index is 9.57. The molecule has 0 aromatic rings. The van der Waals surface area contributed by atoms with E-state index in [0.717, 1.165) is 0 Å². The molecular formula is C8H24Mo2NiO18P2Ti. The minimum atomic E-state index is -6.28. The van der Waals surface area contributed by atoms with Crippen LogP contribution >= 0.6 is 15.6 Å². The monoisotopic (exact) mass is 772 g/mol. The maximum absolute atomic E-state index is 9.57. The molecule has 18 nitrogen and oxygen atoms in total. The van der Waals surface area contributed by atoms with Gasteiger partial charge in [-0.05, 0) is 0 Å². The van der Waals surface area contributed by atoms with E-state index in [4.69, 9.17) is 40.0 Å². The van der Waals surface area contributed by atoms with E-state index in [-0.39, 0.29) is 64.6 Å². The molecule has 0 amide bonds. The maximum Gasteiger partial charge on any atom is 4.00 e. The summed E-state index contributed by atoms with van der Waals surface area (Å²) in [6.07, 6.45) is 0. The van der Waals surface area contributed by atoms with Crippen LogP contribution in [-0.2, 0) is 101 Å². The van der Waals surface area contributed by atoms with E-state index >= 15 is 0 Å². The van der Waals surface area contributed by atoms with Crippen LogP contribution in [0.15, 0.2) is 0 Å². The van der Waals surface area contributed by atoms with Gasteiger partial charge in [-0.3, -0.25) is 0 Å². The molecule has 0 aromatic heterocycles. The van der Waals surface area contributed by atoms with E-state index in [1.165, 1.54) is 0 Å². The molecule has 0 atom stereocenters. The molecule has 0 heterocycles. The van der Waals surface area contributed by atoms with Gasteiger partial charge in [0.05, 0.1) is 0 Å². The third-order valence-electron chi connectivity index (χ3n) is 0.377. The number of phosphoric acid groups is 2. The Balaban J connectivity index is -0.0000000389. The first-order valence-corrected chi connectivity index (χ1v) is 16.5. The van der Waals surface area contributed by atoms with Gasteiger partial charge in [0.2, 0.25) is 0 Å². The van der Waals surface area contributed by atoms with Crippen LogP contribution in [0, 0.1) is 0 Å². The Morgan fingerprint density at radius 2 is 0.719 bits per heavy atom. The third-order valence-corrected chi connectivity index (χ3v) is 6.69. The fraction of sp³-hybridized carbons (Fsp3) is 1.00. The van der Waals surface area contributed by atoms with Crippen LogP contribution in [0.3, 0.4) is 0 Å². The van der Waals surface area contributed by atoms with Gasteiger partial charge in [0.25, 0.3) is 0 Å². The van der Waals surface area contributed by atoms with Gasteiger partial charge in [0.1, 0.15) is 0 Å². The van der Waals surface area contributed by atoms with Crippen molar-refractivity contribution in [1.82, 2.24) is 0 Å². The van der Waals surface area contributed by atoms with E-state index in [0.29, 0.717) is 0 Å². The largest absolute Gasteiger partial charge is 4.00 e. The molecule has 0 aliphatic carbocycles. The Hall–Kier alpha value is 1.76. The Bertz CT molecular complexity index is 571. The van der Waals surface area contributed by atoms with Gasteiger partial charge in [-0.15, -0.1) is 26.4 Å². The summed E-state index contributed by atoms with van der Waals surface area (Å²) in [4.78, 5) is 30.8. The normalized spacial score (nSPS) is 9.94. The summed E-state index contributed by atoms with van der Waals surface area (Å²) in [7, 11) is -10.3. The molecule has 200 valence electrons. The van der Waals surface area contributed by atoms with Crippen molar-refractivity contribution in [3.63, 3.8) is 0 Å². The molecule has 0 unspecified atom stereocenters. The molecular weight excluding hydrogens is 744 g/mol. The van der Waals surface area contributed by atoms with Gasteiger partial charge in [-0.2, -0.15) is 0 Å². The van der Waals surface area contributed by atoms with Crippen molar-refractivity contribution in [3.05, 3.63) is 0 Å². The standard InChI is InChI=1S/4C2H5O.2Mo.Ni.2H3O4P.6O.Ti/c4*1-2-3;;;;2*1-5(2,3)4;;;;;;;/h4*2H2,1H3;;;;2*(H3,1,2,3,4);;;;;;;/q4*-1;2*+1;+2;;;;;;;2*-1;+4/p-2. The zero-order valence-corrected chi connectivity index (χ0v) is 25.2. The van der Waals surface area contributed by atoms with Gasteiger partial charge in [0.15, 0.2) is 0 Å². The van der Waals surface area contributed by atoms with Crippen molar-refractivity contribution in [1.29, 1.82) is 0 Å². The molecule has 0 saturated carbocycles. The number of hydrogen-bond donors (Lipinski definition) is 4. The fourth-order valence-corrected chi connectivity index (χ4v) is 4.22. The summed E-state index contributed by atoms with van der Waals surface area (Å²) < 4.78 is 81.7. The summed E-state index contributed by atoms with van der Waals surface area (Å²) in [5.74, 6) is 0.